The Kier molecular flexibility index (Phi) is 7.10. The number of anilines is 1. The van der Waals surface area contributed by atoms with Crippen molar-refractivity contribution >= 4 is 23.7 Å². The van der Waals surface area contributed by atoms with E-state index in [1.54, 1.807) is 6.92 Å². The van der Waals surface area contributed by atoms with E-state index in [0.717, 1.165) is 28.3 Å². The highest BCUT2D eigenvalue weighted by Gasteiger charge is 2.29. The normalized spacial score (nSPS) is 12.9. The Morgan fingerprint density at radius 3 is 2.20 bits per heavy atom. The second kappa shape index (κ2) is 10.4. The molecule has 180 valence electrons. The maximum Gasteiger partial charge on any atom is 0.411 e. The molecule has 1 aliphatic rings. The molecule has 0 spiro atoms. The van der Waals surface area contributed by atoms with E-state index >= 15 is 0 Å². The largest absolute Gasteiger partial charge is 0.480 e. The average molecular weight is 477 g/mol. The minimum absolute atomic E-state index is 0.0213. The lowest BCUT2D eigenvalue weighted by Crippen LogP contribution is -2.41. The van der Waals surface area contributed by atoms with Gasteiger partial charge in [0.25, 0.3) is 5.91 Å². The number of carboxylic acids is 1. The molecule has 0 fully saturated rings. The van der Waals surface area contributed by atoms with Gasteiger partial charge in [0.15, 0.2) is 0 Å². The summed E-state index contributed by atoms with van der Waals surface area (Å²) in [5.41, 5.74) is 3.64. The van der Waals surface area contributed by atoms with E-state index in [-0.39, 0.29) is 30.2 Å². The molecule has 7 nitrogen and oxygen atoms in total. The van der Waals surface area contributed by atoms with Crippen LogP contribution in [0.2, 0.25) is 0 Å². The number of rotatable bonds is 8. The number of carbonyl (C=O) groups excluding carboxylic acids is 2. The van der Waals surface area contributed by atoms with Gasteiger partial charge in [0.1, 0.15) is 18.5 Å². The van der Waals surface area contributed by atoms with Crippen molar-refractivity contribution < 1.29 is 28.6 Å². The summed E-state index contributed by atoms with van der Waals surface area (Å²) in [6.07, 6.45) is -0.175. The summed E-state index contributed by atoms with van der Waals surface area (Å²) in [6.45, 7) is 1.81. The number of nitrogens with one attached hydrogen (secondary N) is 2. The van der Waals surface area contributed by atoms with Gasteiger partial charge in [0.05, 0.1) is 11.3 Å². The third-order valence-corrected chi connectivity index (χ3v) is 6.01. The lowest BCUT2D eigenvalue weighted by atomic mass is 9.98. The van der Waals surface area contributed by atoms with Crippen molar-refractivity contribution in [1.29, 1.82) is 0 Å². The molecular formula is C27H25FN2O5. The van der Waals surface area contributed by atoms with E-state index < -0.39 is 29.8 Å². The predicted molar refractivity (Wildman–Crippen MR) is 129 cm³/mol. The van der Waals surface area contributed by atoms with Crippen LogP contribution in [0, 0.1) is 5.82 Å². The van der Waals surface area contributed by atoms with Gasteiger partial charge in [0.2, 0.25) is 0 Å². The number of aliphatic carboxylic acids is 1. The molecule has 0 radical (unpaired) electrons. The van der Waals surface area contributed by atoms with Crippen molar-refractivity contribution in [3.05, 3.63) is 89.2 Å². The Bertz CT molecular complexity index is 1230. The van der Waals surface area contributed by atoms with Crippen molar-refractivity contribution in [3.63, 3.8) is 0 Å². The molecule has 0 bridgehead atoms. The molecule has 4 rings (SSSR count). The van der Waals surface area contributed by atoms with E-state index in [1.807, 2.05) is 48.5 Å². The Morgan fingerprint density at radius 1 is 0.971 bits per heavy atom. The molecule has 0 saturated heterocycles. The predicted octanol–water partition coefficient (Wildman–Crippen LogP) is 5.17. The molecule has 1 aliphatic carbocycles. The van der Waals surface area contributed by atoms with Crippen molar-refractivity contribution in [2.75, 3.05) is 11.9 Å². The molecule has 0 saturated carbocycles. The summed E-state index contributed by atoms with van der Waals surface area (Å²) in [5, 5.41) is 14.0. The number of para-hydroxylation sites is 1. The molecule has 3 aromatic carbocycles. The zero-order chi connectivity index (χ0) is 24.9. The number of fused-ring (bicyclic) bond motifs is 3. The summed E-state index contributed by atoms with van der Waals surface area (Å²) in [6, 6.07) is 18.3. The van der Waals surface area contributed by atoms with Crippen LogP contribution in [-0.2, 0) is 9.53 Å². The van der Waals surface area contributed by atoms with Gasteiger partial charge in [0, 0.05) is 5.92 Å². The fraction of sp³-hybridized carbons (Fsp3) is 0.222. The number of halogens is 1. The van der Waals surface area contributed by atoms with Crippen molar-refractivity contribution in [3.8, 4) is 11.1 Å². The van der Waals surface area contributed by atoms with Gasteiger partial charge in [-0.3, -0.25) is 10.1 Å². The van der Waals surface area contributed by atoms with Gasteiger partial charge in [-0.1, -0.05) is 67.9 Å². The highest BCUT2D eigenvalue weighted by molar-refractivity contribution is 6.04. The fourth-order valence-corrected chi connectivity index (χ4v) is 4.36. The highest BCUT2D eigenvalue weighted by Crippen LogP contribution is 2.44. The molecule has 1 atom stereocenters. The van der Waals surface area contributed by atoms with Crippen LogP contribution < -0.4 is 10.6 Å². The summed E-state index contributed by atoms with van der Waals surface area (Å²) < 4.78 is 20.0. The molecule has 2 amide bonds. The quantitative estimate of drug-likeness (QED) is 0.416. The molecule has 8 heteroatoms. The number of benzene rings is 3. The molecule has 3 N–H and O–H groups in total. The second-order valence-corrected chi connectivity index (χ2v) is 8.27. The molecular weight excluding hydrogens is 451 g/mol. The number of amides is 2. The zero-order valence-electron chi connectivity index (χ0n) is 19.1. The monoisotopic (exact) mass is 476 g/mol. The standard InChI is InChI=1S/C27H25FN2O5/c1-2-8-23(26(32)33)29-25(31)20-13-7-14-22(28)24(20)30-27(34)35-15-21-18-11-5-3-9-16(18)17-10-4-6-12-19(17)21/h3-7,9-14,21,23H,2,8,15H2,1H3,(H,29,31)(H,30,34)(H,32,33)/t23-/m0/s1. The third-order valence-electron chi connectivity index (χ3n) is 6.01. The Labute approximate surface area is 201 Å². The first-order valence-electron chi connectivity index (χ1n) is 11.3. The topological polar surface area (TPSA) is 105 Å². The Balaban J connectivity index is 1.49. The van der Waals surface area contributed by atoms with Crippen molar-refractivity contribution in [2.24, 2.45) is 0 Å². The summed E-state index contributed by atoms with van der Waals surface area (Å²) >= 11 is 0. The smallest absolute Gasteiger partial charge is 0.411 e. The van der Waals surface area contributed by atoms with E-state index in [2.05, 4.69) is 10.6 Å². The lowest BCUT2D eigenvalue weighted by molar-refractivity contribution is -0.139. The minimum Gasteiger partial charge on any atom is -0.480 e. The molecule has 0 aromatic heterocycles. The Hall–Kier alpha value is -4.20. The lowest BCUT2D eigenvalue weighted by Gasteiger charge is -2.17. The van der Waals surface area contributed by atoms with Gasteiger partial charge in [-0.05, 0) is 40.8 Å². The first kappa shape index (κ1) is 23.9. The van der Waals surface area contributed by atoms with Crippen LogP contribution in [0.25, 0.3) is 11.1 Å². The number of ether oxygens (including phenoxy) is 1. The number of hydrogen-bond acceptors (Lipinski definition) is 4. The molecule has 0 aliphatic heterocycles. The third kappa shape index (κ3) is 5.01. The highest BCUT2D eigenvalue weighted by atomic mass is 19.1. The minimum atomic E-state index is -1.19. The van der Waals surface area contributed by atoms with Crippen LogP contribution in [0.5, 0.6) is 0 Å². The Morgan fingerprint density at radius 2 is 1.60 bits per heavy atom. The van der Waals surface area contributed by atoms with Crippen LogP contribution in [0.15, 0.2) is 66.7 Å². The van der Waals surface area contributed by atoms with E-state index in [0.29, 0.717) is 6.42 Å². The zero-order valence-corrected chi connectivity index (χ0v) is 19.1. The van der Waals surface area contributed by atoms with Gasteiger partial charge in [-0.2, -0.15) is 0 Å². The first-order valence-corrected chi connectivity index (χ1v) is 11.3. The van der Waals surface area contributed by atoms with Crippen LogP contribution in [0.3, 0.4) is 0 Å². The van der Waals surface area contributed by atoms with Gasteiger partial charge < -0.3 is 15.2 Å². The van der Waals surface area contributed by atoms with Crippen LogP contribution in [0.1, 0.15) is 47.2 Å². The summed E-state index contributed by atoms with van der Waals surface area (Å²) in [5.74, 6) is -3.02. The molecule has 0 heterocycles. The second-order valence-electron chi connectivity index (χ2n) is 8.27. The first-order chi connectivity index (χ1) is 16.9. The SMILES string of the molecule is CCC[C@H](NC(=O)c1cccc(F)c1NC(=O)OCC1c2ccccc2-c2ccccc21)C(=O)O. The fourth-order valence-electron chi connectivity index (χ4n) is 4.36. The molecule has 35 heavy (non-hydrogen) atoms. The van der Waals surface area contributed by atoms with Crippen LogP contribution in [-0.4, -0.2) is 35.7 Å². The van der Waals surface area contributed by atoms with Crippen molar-refractivity contribution in [1.82, 2.24) is 5.32 Å². The van der Waals surface area contributed by atoms with Gasteiger partial charge >= 0.3 is 12.1 Å². The van der Waals surface area contributed by atoms with Gasteiger partial charge in [-0.15, -0.1) is 0 Å². The maximum absolute atomic E-state index is 14.6. The van der Waals surface area contributed by atoms with Crippen LogP contribution >= 0.6 is 0 Å². The van der Waals surface area contributed by atoms with Crippen LogP contribution in [0.4, 0.5) is 14.9 Å². The average Bonchev–Trinajstić information content (AvgIpc) is 3.17. The molecule has 3 aromatic rings. The van der Waals surface area contributed by atoms with Crippen molar-refractivity contribution in [2.45, 2.75) is 31.7 Å². The maximum atomic E-state index is 14.6. The number of hydrogen-bond donors (Lipinski definition) is 3. The summed E-state index contributed by atoms with van der Waals surface area (Å²) in [7, 11) is 0. The van der Waals surface area contributed by atoms with E-state index in [1.165, 1.54) is 12.1 Å². The summed E-state index contributed by atoms with van der Waals surface area (Å²) in [4.78, 5) is 36.7. The molecule has 0 unspecified atom stereocenters. The number of carbonyl (C=O) groups is 3. The van der Waals surface area contributed by atoms with E-state index in [9.17, 15) is 23.9 Å². The van der Waals surface area contributed by atoms with E-state index in [4.69, 9.17) is 4.74 Å². The number of carboxylic acid groups (broad SMARTS) is 1. The van der Waals surface area contributed by atoms with Gasteiger partial charge in [-0.25, -0.2) is 14.0 Å².